The van der Waals surface area contributed by atoms with Crippen molar-refractivity contribution in [1.82, 2.24) is 9.55 Å². The third-order valence-electron chi connectivity index (χ3n) is 2.50. The molecule has 0 unspecified atom stereocenters. The smallest absolute Gasteiger partial charge is 0.319 e. The van der Waals surface area contributed by atoms with Crippen molar-refractivity contribution >= 4 is 23.4 Å². The summed E-state index contributed by atoms with van der Waals surface area (Å²) < 4.78 is 26.1. The van der Waals surface area contributed by atoms with Crippen LogP contribution in [-0.4, -0.2) is 15.5 Å². The molecule has 1 heterocycles. The van der Waals surface area contributed by atoms with Gasteiger partial charge in [0, 0.05) is 29.9 Å². The number of hydrogen-bond acceptors (Lipinski definition) is 3. The quantitative estimate of drug-likeness (QED) is 0.859. The number of imidazole rings is 1. The van der Waals surface area contributed by atoms with Crippen LogP contribution in [0.2, 0.25) is 0 Å². The fourth-order valence-corrected chi connectivity index (χ4v) is 2.47. The summed E-state index contributed by atoms with van der Waals surface area (Å²) in [4.78, 5) is 15.7. The predicted molar refractivity (Wildman–Crippen MR) is 73.8 cm³/mol. The normalized spacial score (nSPS) is 10.8. The lowest BCUT2D eigenvalue weighted by Gasteiger charge is -2.07. The molecule has 20 heavy (non-hydrogen) atoms. The lowest BCUT2D eigenvalue weighted by Crippen LogP contribution is -2.05. The monoisotopic (exact) mass is 297 g/mol. The number of alkyl halides is 2. The molecule has 0 fully saturated rings. The summed E-state index contributed by atoms with van der Waals surface area (Å²) in [6, 6.07) is 7.18. The third kappa shape index (κ3) is 3.80. The largest absolute Gasteiger partial charge is 0.326 e. The lowest BCUT2D eigenvalue weighted by molar-refractivity contribution is -0.114. The van der Waals surface area contributed by atoms with Crippen LogP contribution in [0.4, 0.5) is 14.5 Å². The molecule has 0 aliphatic heterocycles. The Morgan fingerprint density at radius 2 is 2.10 bits per heavy atom. The van der Waals surface area contributed by atoms with E-state index in [1.165, 1.54) is 31.1 Å². The molecule has 0 atom stereocenters. The Labute approximate surface area is 119 Å². The molecule has 0 bridgehead atoms. The Morgan fingerprint density at radius 1 is 1.40 bits per heavy atom. The molecule has 1 N–H and O–H groups in total. The maximum absolute atomic E-state index is 12.6. The van der Waals surface area contributed by atoms with Crippen LogP contribution in [0.1, 0.15) is 19.3 Å². The van der Waals surface area contributed by atoms with Crippen LogP contribution >= 0.6 is 11.8 Å². The Bertz CT molecular complexity index is 584. The highest BCUT2D eigenvalue weighted by atomic mass is 32.2. The zero-order chi connectivity index (χ0) is 14.5. The van der Waals surface area contributed by atoms with Gasteiger partial charge in [0.2, 0.25) is 5.91 Å². The molecule has 7 heteroatoms. The minimum absolute atomic E-state index is 0.135. The Hall–Kier alpha value is -1.89. The van der Waals surface area contributed by atoms with Crippen LogP contribution in [0.5, 0.6) is 0 Å². The molecule has 1 aromatic carbocycles. The van der Waals surface area contributed by atoms with Gasteiger partial charge >= 0.3 is 6.55 Å². The van der Waals surface area contributed by atoms with Crippen molar-refractivity contribution in [3.8, 4) is 0 Å². The molecule has 106 valence electrons. The summed E-state index contributed by atoms with van der Waals surface area (Å²) in [6.45, 7) is -1.14. The second-order valence-corrected chi connectivity index (χ2v) is 5.07. The molecule has 2 rings (SSSR count). The van der Waals surface area contributed by atoms with Crippen molar-refractivity contribution in [2.24, 2.45) is 0 Å². The molecule has 1 amide bonds. The maximum Gasteiger partial charge on any atom is 0.319 e. The SMILES string of the molecule is CC(=O)Nc1ccc(SCc2nccn2C(F)F)cc1. The number of nitrogens with one attached hydrogen (secondary N) is 1. The van der Waals surface area contributed by atoms with Crippen LogP contribution in [0.25, 0.3) is 0 Å². The molecular formula is C13H13F2N3OS. The Kier molecular flexibility index (Phi) is 4.73. The molecule has 2 aromatic rings. The number of aromatic nitrogens is 2. The molecule has 0 spiro atoms. The molecule has 0 radical (unpaired) electrons. The number of thioether (sulfide) groups is 1. The fraction of sp³-hybridized carbons (Fsp3) is 0.231. The number of carbonyl (C=O) groups is 1. The van der Waals surface area contributed by atoms with Crippen LogP contribution in [-0.2, 0) is 10.5 Å². The van der Waals surface area contributed by atoms with Crippen molar-refractivity contribution in [1.29, 1.82) is 0 Å². The average Bonchev–Trinajstić information content (AvgIpc) is 2.86. The lowest BCUT2D eigenvalue weighted by atomic mass is 10.3. The highest BCUT2D eigenvalue weighted by Crippen LogP contribution is 2.25. The number of halogens is 2. The van der Waals surface area contributed by atoms with Crippen LogP contribution < -0.4 is 5.32 Å². The summed E-state index contributed by atoms with van der Waals surface area (Å²) in [5, 5.41) is 2.66. The summed E-state index contributed by atoms with van der Waals surface area (Å²) in [5.74, 6) is 0.553. The van der Waals surface area contributed by atoms with Gasteiger partial charge in [0.05, 0.1) is 5.75 Å². The second kappa shape index (κ2) is 6.51. The van der Waals surface area contributed by atoms with Gasteiger partial charge in [-0.3, -0.25) is 9.36 Å². The first kappa shape index (κ1) is 14.5. The van der Waals surface area contributed by atoms with Crippen molar-refractivity contribution < 1.29 is 13.6 Å². The number of nitrogens with zero attached hydrogens (tertiary/aromatic N) is 2. The molecule has 4 nitrogen and oxygen atoms in total. The van der Waals surface area contributed by atoms with Gasteiger partial charge in [-0.1, -0.05) is 0 Å². The van der Waals surface area contributed by atoms with E-state index >= 15 is 0 Å². The third-order valence-corrected chi connectivity index (χ3v) is 3.51. The van der Waals surface area contributed by atoms with Crippen LogP contribution in [0.15, 0.2) is 41.6 Å². The fourth-order valence-electron chi connectivity index (χ4n) is 1.62. The average molecular weight is 297 g/mol. The van der Waals surface area contributed by atoms with E-state index in [1.54, 1.807) is 12.1 Å². The molecule has 0 aliphatic rings. The minimum atomic E-state index is -2.57. The molecule has 0 saturated carbocycles. The summed E-state index contributed by atoms with van der Waals surface area (Å²) >= 11 is 1.41. The van der Waals surface area contributed by atoms with Gasteiger partial charge < -0.3 is 5.32 Å². The first-order valence-electron chi connectivity index (χ1n) is 5.86. The van der Waals surface area contributed by atoms with Crippen molar-refractivity contribution in [2.75, 3.05) is 5.32 Å². The van der Waals surface area contributed by atoms with Gasteiger partial charge in [0.15, 0.2) is 0 Å². The molecule has 0 saturated heterocycles. The van der Waals surface area contributed by atoms with E-state index in [4.69, 9.17) is 0 Å². The van der Waals surface area contributed by atoms with E-state index in [0.29, 0.717) is 17.3 Å². The van der Waals surface area contributed by atoms with Crippen molar-refractivity contribution in [3.05, 3.63) is 42.5 Å². The number of amides is 1. The number of rotatable bonds is 5. The van der Waals surface area contributed by atoms with Crippen LogP contribution in [0.3, 0.4) is 0 Å². The molecular weight excluding hydrogens is 284 g/mol. The Morgan fingerprint density at radius 3 is 2.70 bits per heavy atom. The van der Waals surface area contributed by atoms with Gasteiger partial charge in [-0.2, -0.15) is 8.78 Å². The summed E-state index contributed by atoms with van der Waals surface area (Å²) in [5.41, 5.74) is 0.705. The predicted octanol–water partition coefficient (Wildman–Crippen LogP) is 3.53. The maximum atomic E-state index is 12.6. The molecule has 1 aromatic heterocycles. The van der Waals surface area contributed by atoms with E-state index in [1.807, 2.05) is 12.1 Å². The Balaban J connectivity index is 1.97. The number of benzene rings is 1. The van der Waals surface area contributed by atoms with Gasteiger partial charge in [-0.15, -0.1) is 11.8 Å². The number of carbonyl (C=O) groups excluding carboxylic acids is 1. The first-order chi connectivity index (χ1) is 9.56. The standard InChI is InChI=1S/C13H13F2N3OS/c1-9(19)17-10-2-4-11(5-3-10)20-8-12-16-6-7-18(12)13(14)15/h2-7,13H,8H2,1H3,(H,17,19). The highest BCUT2D eigenvalue weighted by molar-refractivity contribution is 7.98. The van der Waals surface area contributed by atoms with Gasteiger partial charge in [0.25, 0.3) is 0 Å². The van der Waals surface area contributed by atoms with E-state index in [9.17, 15) is 13.6 Å². The van der Waals surface area contributed by atoms with Crippen LogP contribution in [0, 0.1) is 0 Å². The minimum Gasteiger partial charge on any atom is -0.326 e. The van der Waals surface area contributed by atoms with E-state index in [-0.39, 0.29) is 5.91 Å². The van der Waals surface area contributed by atoms with Gasteiger partial charge in [-0.05, 0) is 24.3 Å². The van der Waals surface area contributed by atoms with Gasteiger partial charge in [-0.25, -0.2) is 4.98 Å². The molecule has 0 aliphatic carbocycles. The first-order valence-corrected chi connectivity index (χ1v) is 6.85. The zero-order valence-electron chi connectivity index (χ0n) is 10.7. The summed E-state index contributed by atoms with van der Waals surface area (Å²) in [7, 11) is 0. The second-order valence-electron chi connectivity index (χ2n) is 4.02. The number of hydrogen-bond donors (Lipinski definition) is 1. The number of anilines is 1. The van der Waals surface area contributed by atoms with E-state index < -0.39 is 6.55 Å². The van der Waals surface area contributed by atoms with E-state index in [2.05, 4.69) is 10.3 Å². The van der Waals surface area contributed by atoms with E-state index in [0.717, 1.165) is 9.46 Å². The van der Waals surface area contributed by atoms with Gasteiger partial charge in [0.1, 0.15) is 5.82 Å². The topological polar surface area (TPSA) is 46.9 Å². The van der Waals surface area contributed by atoms with Crippen molar-refractivity contribution in [2.45, 2.75) is 24.1 Å². The summed E-state index contributed by atoms with van der Waals surface area (Å²) in [6.07, 6.45) is 2.63. The van der Waals surface area contributed by atoms with Crippen molar-refractivity contribution in [3.63, 3.8) is 0 Å². The zero-order valence-corrected chi connectivity index (χ0v) is 11.5. The highest BCUT2D eigenvalue weighted by Gasteiger charge is 2.11.